The maximum atomic E-state index is 9.97. The third-order valence-corrected chi connectivity index (χ3v) is 3.69. The van der Waals surface area contributed by atoms with Gasteiger partial charge in [0.2, 0.25) is 0 Å². The van der Waals surface area contributed by atoms with Crippen LogP contribution in [0.15, 0.2) is 17.3 Å². The molecule has 0 unspecified atom stereocenters. The summed E-state index contributed by atoms with van der Waals surface area (Å²) < 4.78 is 7.46. The third-order valence-electron chi connectivity index (χ3n) is 3.11. The second kappa shape index (κ2) is 4.76. The molecule has 0 aliphatic carbocycles. The van der Waals surface area contributed by atoms with Crippen molar-refractivity contribution in [1.82, 2.24) is 19.5 Å². The maximum Gasteiger partial charge on any atom is 0.166 e. The molecule has 0 amide bonds. The van der Waals surface area contributed by atoms with E-state index in [9.17, 15) is 10.2 Å². The predicted octanol–water partition coefficient (Wildman–Crippen LogP) is -0.800. The Balaban J connectivity index is 2.04. The quantitative estimate of drug-likeness (QED) is 0.618. The largest absolute Gasteiger partial charge is 0.394 e. The Labute approximate surface area is 115 Å². The van der Waals surface area contributed by atoms with Crippen molar-refractivity contribution in [2.45, 2.75) is 24.5 Å². The van der Waals surface area contributed by atoms with E-state index < -0.39 is 24.5 Å². The van der Waals surface area contributed by atoms with Crippen LogP contribution in [0.1, 0.15) is 6.23 Å². The topological polar surface area (TPSA) is 114 Å². The maximum absolute atomic E-state index is 9.97. The second-order valence-electron chi connectivity index (χ2n) is 4.22. The van der Waals surface area contributed by atoms with E-state index in [0.717, 1.165) is 0 Å². The van der Waals surface area contributed by atoms with Crippen molar-refractivity contribution in [1.29, 1.82) is 0 Å². The number of fused-ring (bicyclic) bond motifs is 1. The molecule has 0 aromatic carbocycles. The van der Waals surface area contributed by atoms with E-state index in [-0.39, 0.29) is 6.61 Å². The Morgan fingerprint density at radius 3 is 2.74 bits per heavy atom. The van der Waals surface area contributed by atoms with Gasteiger partial charge >= 0.3 is 0 Å². The van der Waals surface area contributed by atoms with Crippen LogP contribution in [-0.2, 0) is 4.74 Å². The van der Waals surface area contributed by atoms with Crippen molar-refractivity contribution in [3.05, 3.63) is 17.3 Å². The molecule has 3 rings (SSSR count). The van der Waals surface area contributed by atoms with E-state index in [4.69, 9.17) is 9.84 Å². The van der Waals surface area contributed by atoms with Crippen LogP contribution in [0.3, 0.4) is 0 Å². The zero-order chi connectivity index (χ0) is 13.6. The van der Waals surface area contributed by atoms with Crippen molar-refractivity contribution >= 4 is 27.1 Å². The molecule has 1 aliphatic rings. The van der Waals surface area contributed by atoms with Gasteiger partial charge in [0.1, 0.15) is 34.8 Å². The molecule has 4 atom stereocenters. The summed E-state index contributed by atoms with van der Waals surface area (Å²) >= 11 is 3.25. The highest BCUT2D eigenvalue weighted by Gasteiger charge is 2.43. The molecule has 9 heteroatoms. The molecule has 102 valence electrons. The Morgan fingerprint density at radius 2 is 2.05 bits per heavy atom. The fraction of sp³-hybridized carbons (Fsp3) is 0.500. The Hall–Kier alpha value is -1.13. The van der Waals surface area contributed by atoms with Crippen LogP contribution in [0, 0.1) is 0 Å². The summed E-state index contributed by atoms with van der Waals surface area (Å²) in [4.78, 5) is 12.2. The molecule has 3 heterocycles. The van der Waals surface area contributed by atoms with E-state index in [2.05, 4.69) is 30.9 Å². The monoisotopic (exact) mass is 330 g/mol. The first-order valence-electron chi connectivity index (χ1n) is 5.59. The van der Waals surface area contributed by atoms with Crippen LogP contribution < -0.4 is 0 Å². The molecular formula is C10H11BrN4O4. The second-order valence-corrected chi connectivity index (χ2v) is 4.97. The molecule has 0 radical (unpaired) electrons. The highest BCUT2D eigenvalue weighted by Crippen LogP contribution is 2.31. The van der Waals surface area contributed by atoms with Gasteiger partial charge in [0.05, 0.1) is 12.9 Å². The highest BCUT2D eigenvalue weighted by molar-refractivity contribution is 9.10. The normalized spacial score (nSPS) is 31.2. The first-order valence-corrected chi connectivity index (χ1v) is 6.38. The lowest BCUT2D eigenvalue weighted by molar-refractivity contribution is -0.0511. The Morgan fingerprint density at radius 1 is 1.26 bits per heavy atom. The summed E-state index contributed by atoms with van der Waals surface area (Å²) in [6, 6.07) is 0. The number of nitrogens with zero attached hydrogens (tertiary/aromatic N) is 4. The number of rotatable bonds is 2. The zero-order valence-corrected chi connectivity index (χ0v) is 11.2. The Bertz CT molecular complexity index is 606. The molecular weight excluding hydrogens is 320 g/mol. The minimum atomic E-state index is -1.16. The molecule has 3 N–H and O–H groups in total. The summed E-state index contributed by atoms with van der Waals surface area (Å²) in [5, 5.41) is 28.8. The molecule has 1 saturated heterocycles. The smallest absolute Gasteiger partial charge is 0.166 e. The summed E-state index contributed by atoms with van der Waals surface area (Å²) in [5.41, 5.74) is 0.997. The van der Waals surface area contributed by atoms with Crippen LogP contribution in [-0.4, -0.2) is 59.8 Å². The standard InChI is InChI=1S/C10H11BrN4O4/c11-8-5-9(13-2-12-8)15(3-14-5)10-7(18)6(17)4(1-16)19-10/h2-4,6-7,10,16-18H,1H2/t4-,6+,7+,10-/m0/s1. The van der Waals surface area contributed by atoms with Gasteiger partial charge in [0, 0.05) is 0 Å². The van der Waals surface area contributed by atoms with Crippen molar-refractivity contribution in [2.75, 3.05) is 6.61 Å². The van der Waals surface area contributed by atoms with Crippen molar-refractivity contribution in [3.8, 4) is 0 Å². The molecule has 1 fully saturated rings. The summed E-state index contributed by atoms with van der Waals surface area (Å²) in [7, 11) is 0. The number of hydrogen-bond acceptors (Lipinski definition) is 7. The minimum absolute atomic E-state index is 0.375. The predicted molar refractivity (Wildman–Crippen MR) is 66.0 cm³/mol. The van der Waals surface area contributed by atoms with Crippen molar-refractivity contribution in [2.24, 2.45) is 0 Å². The average Bonchev–Trinajstić information content (AvgIpc) is 2.94. The number of imidazole rings is 1. The van der Waals surface area contributed by atoms with E-state index in [1.54, 1.807) is 0 Å². The third kappa shape index (κ3) is 1.94. The number of aliphatic hydroxyl groups excluding tert-OH is 3. The first kappa shape index (κ1) is 12.9. The van der Waals surface area contributed by atoms with Gasteiger partial charge < -0.3 is 20.1 Å². The lowest BCUT2D eigenvalue weighted by Gasteiger charge is -2.16. The van der Waals surface area contributed by atoms with Gasteiger partial charge in [0.25, 0.3) is 0 Å². The molecule has 2 aromatic heterocycles. The van der Waals surface area contributed by atoms with Gasteiger partial charge in [-0.2, -0.15) is 0 Å². The molecule has 19 heavy (non-hydrogen) atoms. The zero-order valence-electron chi connectivity index (χ0n) is 9.59. The average molecular weight is 331 g/mol. The van der Waals surface area contributed by atoms with Crippen LogP contribution in [0.25, 0.3) is 11.2 Å². The van der Waals surface area contributed by atoms with E-state index >= 15 is 0 Å². The van der Waals surface area contributed by atoms with Crippen LogP contribution >= 0.6 is 15.9 Å². The summed E-state index contributed by atoms with van der Waals surface area (Å²) in [5.74, 6) is 0. The molecule has 1 aliphatic heterocycles. The van der Waals surface area contributed by atoms with E-state index in [1.807, 2.05) is 0 Å². The van der Waals surface area contributed by atoms with Gasteiger partial charge in [0.15, 0.2) is 11.9 Å². The number of ether oxygens (including phenoxy) is 1. The molecule has 0 bridgehead atoms. The molecule has 0 spiro atoms. The number of halogens is 1. The van der Waals surface area contributed by atoms with Gasteiger partial charge in [-0.1, -0.05) is 0 Å². The van der Waals surface area contributed by atoms with Gasteiger partial charge in [-0.05, 0) is 15.9 Å². The van der Waals surface area contributed by atoms with E-state index in [0.29, 0.717) is 15.8 Å². The lowest BCUT2D eigenvalue weighted by atomic mass is 10.1. The highest BCUT2D eigenvalue weighted by atomic mass is 79.9. The minimum Gasteiger partial charge on any atom is -0.394 e. The van der Waals surface area contributed by atoms with Crippen LogP contribution in [0.5, 0.6) is 0 Å². The lowest BCUT2D eigenvalue weighted by Crippen LogP contribution is -2.33. The SMILES string of the molecule is OC[C@@H]1O[C@H](n2cnc3c(Br)ncnc32)[C@H](O)[C@@H]1O. The van der Waals surface area contributed by atoms with Gasteiger partial charge in [-0.25, -0.2) is 15.0 Å². The number of hydrogen-bond donors (Lipinski definition) is 3. The summed E-state index contributed by atoms with van der Waals surface area (Å²) in [6.45, 7) is -0.375. The van der Waals surface area contributed by atoms with Crippen LogP contribution in [0.2, 0.25) is 0 Å². The Kier molecular flexibility index (Phi) is 3.23. The molecule has 8 nitrogen and oxygen atoms in total. The molecule has 0 saturated carbocycles. The summed E-state index contributed by atoms with van der Waals surface area (Å²) in [6.07, 6.45) is -1.20. The number of aromatic nitrogens is 4. The van der Waals surface area contributed by atoms with Crippen molar-refractivity contribution in [3.63, 3.8) is 0 Å². The number of aliphatic hydroxyl groups is 3. The first-order chi connectivity index (χ1) is 9.13. The van der Waals surface area contributed by atoms with Crippen molar-refractivity contribution < 1.29 is 20.1 Å². The molecule has 2 aromatic rings. The van der Waals surface area contributed by atoms with Crippen LogP contribution in [0.4, 0.5) is 0 Å². The van der Waals surface area contributed by atoms with Gasteiger partial charge in [-0.15, -0.1) is 0 Å². The van der Waals surface area contributed by atoms with Gasteiger partial charge in [-0.3, -0.25) is 4.57 Å². The fourth-order valence-electron chi connectivity index (χ4n) is 2.12. The van der Waals surface area contributed by atoms with E-state index in [1.165, 1.54) is 17.2 Å². The fourth-order valence-corrected chi connectivity index (χ4v) is 2.49.